The van der Waals surface area contributed by atoms with Crippen molar-refractivity contribution in [1.82, 2.24) is 0 Å². The van der Waals surface area contributed by atoms with Crippen molar-refractivity contribution in [3.63, 3.8) is 0 Å². The van der Waals surface area contributed by atoms with Crippen LogP contribution in [0.15, 0.2) is 42.5 Å². The molecule has 0 fully saturated rings. The van der Waals surface area contributed by atoms with Crippen molar-refractivity contribution in [3.8, 4) is 0 Å². The SMILES string of the molecule is N[C@@H](Cc1cccc2ccccc12)C(=O)OCC(F)(F)F. The Labute approximate surface area is 119 Å². The first-order valence-electron chi connectivity index (χ1n) is 6.32. The number of ether oxygens (including phenoxy) is 1. The maximum atomic E-state index is 12.0. The van der Waals surface area contributed by atoms with Crippen molar-refractivity contribution in [2.45, 2.75) is 18.6 Å². The molecule has 0 saturated carbocycles. The number of esters is 1. The zero-order chi connectivity index (χ0) is 15.5. The van der Waals surface area contributed by atoms with Gasteiger partial charge in [-0.15, -0.1) is 0 Å². The van der Waals surface area contributed by atoms with E-state index < -0.39 is 24.8 Å². The summed E-state index contributed by atoms with van der Waals surface area (Å²) in [7, 11) is 0. The number of halogens is 3. The van der Waals surface area contributed by atoms with Crippen LogP contribution >= 0.6 is 0 Å². The quantitative estimate of drug-likeness (QED) is 0.883. The van der Waals surface area contributed by atoms with Crippen LogP contribution in [0.5, 0.6) is 0 Å². The van der Waals surface area contributed by atoms with Gasteiger partial charge in [0.2, 0.25) is 0 Å². The lowest BCUT2D eigenvalue weighted by Crippen LogP contribution is -2.36. The molecule has 2 aromatic rings. The third kappa shape index (κ3) is 4.19. The molecule has 0 amide bonds. The molecule has 112 valence electrons. The minimum atomic E-state index is -4.55. The highest BCUT2D eigenvalue weighted by atomic mass is 19.4. The van der Waals surface area contributed by atoms with Gasteiger partial charge in [0.25, 0.3) is 0 Å². The molecule has 0 aliphatic carbocycles. The van der Waals surface area contributed by atoms with E-state index in [-0.39, 0.29) is 6.42 Å². The summed E-state index contributed by atoms with van der Waals surface area (Å²) in [6.07, 6.45) is -4.42. The highest BCUT2D eigenvalue weighted by molar-refractivity contribution is 5.86. The first kappa shape index (κ1) is 15.3. The Kier molecular flexibility index (Phi) is 4.47. The van der Waals surface area contributed by atoms with Gasteiger partial charge in [0.15, 0.2) is 6.61 Å². The van der Waals surface area contributed by atoms with Gasteiger partial charge in [-0.25, -0.2) is 0 Å². The second-order valence-corrected chi connectivity index (χ2v) is 4.67. The molecule has 1 atom stereocenters. The fourth-order valence-electron chi connectivity index (χ4n) is 2.05. The molecule has 21 heavy (non-hydrogen) atoms. The summed E-state index contributed by atoms with van der Waals surface area (Å²) in [6.45, 7) is -1.62. The molecule has 0 saturated heterocycles. The Morgan fingerprint density at radius 1 is 1.14 bits per heavy atom. The first-order valence-corrected chi connectivity index (χ1v) is 6.32. The van der Waals surface area contributed by atoms with Gasteiger partial charge in [-0.3, -0.25) is 4.79 Å². The zero-order valence-corrected chi connectivity index (χ0v) is 11.1. The molecular formula is C15H14F3NO2. The second kappa shape index (κ2) is 6.13. The number of carbonyl (C=O) groups excluding carboxylic acids is 1. The maximum Gasteiger partial charge on any atom is 0.422 e. The summed E-state index contributed by atoms with van der Waals surface area (Å²) >= 11 is 0. The van der Waals surface area contributed by atoms with Crippen LogP contribution in [0, 0.1) is 0 Å². The summed E-state index contributed by atoms with van der Waals surface area (Å²) < 4.78 is 40.2. The number of fused-ring (bicyclic) bond motifs is 1. The summed E-state index contributed by atoms with van der Waals surface area (Å²) in [6, 6.07) is 11.9. The maximum absolute atomic E-state index is 12.0. The summed E-state index contributed by atoms with van der Waals surface area (Å²) in [5.74, 6) is -1.06. The van der Waals surface area contributed by atoms with Gasteiger partial charge in [0.05, 0.1) is 0 Å². The summed E-state index contributed by atoms with van der Waals surface area (Å²) in [4.78, 5) is 11.5. The van der Waals surface area contributed by atoms with Crippen LogP contribution in [0.4, 0.5) is 13.2 Å². The smallest absolute Gasteiger partial charge is 0.422 e. The third-order valence-corrected chi connectivity index (χ3v) is 3.00. The van der Waals surface area contributed by atoms with E-state index in [1.54, 1.807) is 6.07 Å². The Hall–Kier alpha value is -2.08. The van der Waals surface area contributed by atoms with Crippen LogP contribution in [-0.2, 0) is 16.0 Å². The van der Waals surface area contributed by atoms with Crippen molar-refractivity contribution < 1.29 is 22.7 Å². The molecule has 3 nitrogen and oxygen atoms in total. The van der Waals surface area contributed by atoms with E-state index in [4.69, 9.17) is 5.73 Å². The predicted molar refractivity (Wildman–Crippen MR) is 72.6 cm³/mol. The molecule has 0 spiro atoms. The topological polar surface area (TPSA) is 52.3 Å². The lowest BCUT2D eigenvalue weighted by Gasteiger charge is -2.14. The highest BCUT2D eigenvalue weighted by Crippen LogP contribution is 2.20. The van der Waals surface area contributed by atoms with Gasteiger partial charge in [0.1, 0.15) is 6.04 Å². The first-order chi connectivity index (χ1) is 9.87. The Bertz CT molecular complexity index is 635. The lowest BCUT2D eigenvalue weighted by atomic mass is 9.99. The normalized spacial score (nSPS) is 13.1. The van der Waals surface area contributed by atoms with Crippen LogP contribution in [0.3, 0.4) is 0 Å². The summed E-state index contributed by atoms with van der Waals surface area (Å²) in [5, 5.41) is 1.89. The zero-order valence-electron chi connectivity index (χ0n) is 11.1. The number of hydrogen-bond donors (Lipinski definition) is 1. The van der Waals surface area contributed by atoms with Crippen LogP contribution < -0.4 is 5.73 Å². The largest absolute Gasteiger partial charge is 0.455 e. The molecule has 0 heterocycles. The van der Waals surface area contributed by atoms with E-state index in [9.17, 15) is 18.0 Å². The molecule has 6 heteroatoms. The van der Waals surface area contributed by atoms with Gasteiger partial charge in [-0.2, -0.15) is 13.2 Å². The second-order valence-electron chi connectivity index (χ2n) is 4.67. The molecule has 0 unspecified atom stereocenters. The average Bonchev–Trinajstić information content (AvgIpc) is 2.44. The van der Waals surface area contributed by atoms with E-state index in [2.05, 4.69) is 4.74 Å². The average molecular weight is 297 g/mol. The van der Waals surface area contributed by atoms with Gasteiger partial charge in [0, 0.05) is 0 Å². The van der Waals surface area contributed by atoms with Crippen molar-refractivity contribution in [2.75, 3.05) is 6.61 Å². The van der Waals surface area contributed by atoms with E-state index in [1.165, 1.54) is 0 Å². The summed E-state index contributed by atoms with van der Waals surface area (Å²) in [5.41, 5.74) is 6.42. The molecule has 0 aromatic heterocycles. The van der Waals surface area contributed by atoms with Crippen molar-refractivity contribution in [1.29, 1.82) is 0 Å². The minimum Gasteiger partial charge on any atom is -0.455 e. The van der Waals surface area contributed by atoms with Crippen molar-refractivity contribution >= 4 is 16.7 Å². The van der Waals surface area contributed by atoms with Crippen molar-refractivity contribution in [2.24, 2.45) is 5.73 Å². The molecule has 0 bridgehead atoms. The standard InChI is InChI=1S/C15H14F3NO2/c16-15(17,18)9-21-14(20)13(19)8-11-6-3-5-10-4-1-2-7-12(10)11/h1-7,13H,8-9,19H2/t13-/m0/s1. The van der Waals surface area contributed by atoms with Crippen LogP contribution in [0.2, 0.25) is 0 Å². The third-order valence-electron chi connectivity index (χ3n) is 3.00. The lowest BCUT2D eigenvalue weighted by molar-refractivity contribution is -0.187. The minimum absolute atomic E-state index is 0.123. The molecule has 0 aliphatic rings. The van der Waals surface area contributed by atoms with Crippen LogP contribution in [-0.4, -0.2) is 24.8 Å². The monoisotopic (exact) mass is 297 g/mol. The predicted octanol–water partition coefficient (Wildman–Crippen LogP) is 2.82. The number of carbonyl (C=O) groups is 1. The Morgan fingerprint density at radius 3 is 2.52 bits per heavy atom. The van der Waals surface area contributed by atoms with E-state index >= 15 is 0 Å². The van der Waals surface area contributed by atoms with Gasteiger partial charge < -0.3 is 10.5 Å². The van der Waals surface area contributed by atoms with Crippen LogP contribution in [0.25, 0.3) is 10.8 Å². The van der Waals surface area contributed by atoms with E-state index in [0.717, 1.165) is 16.3 Å². The van der Waals surface area contributed by atoms with Crippen LogP contribution in [0.1, 0.15) is 5.56 Å². The number of alkyl halides is 3. The van der Waals surface area contributed by atoms with Gasteiger partial charge in [-0.1, -0.05) is 42.5 Å². The fraction of sp³-hybridized carbons (Fsp3) is 0.267. The molecule has 0 aliphatic heterocycles. The molecule has 2 rings (SSSR count). The molecule has 2 aromatic carbocycles. The van der Waals surface area contributed by atoms with Crippen molar-refractivity contribution in [3.05, 3.63) is 48.0 Å². The van der Waals surface area contributed by atoms with E-state index in [1.807, 2.05) is 36.4 Å². The molecule has 0 radical (unpaired) electrons. The Balaban J connectivity index is 2.08. The fourth-order valence-corrected chi connectivity index (χ4v) is 2.05. The highest BCUT2D eigenvalue weighted by Gasteiger charge is 2.30. The number of benzene rings is 2. The molecular weight excluding hydrogens is 283 g/mol. The number of rotatable bonds is 4. The van der Waals surface area contributed by atoms with Gasteiger partial charge in [-0.05, 0) is 22.8 Å². The number of hydrogen-bond acceptors (Lipinski definition) is 3. The Morgan fingerprint density at radius 2 is 1.81 bits per heavy atom. The molecule has 2 N–H and O–H groups in total. The van der Waals surface area contributed by atoms with Gasteiger partial charge >= 0.3 is 12.1 Å². The number of nitrogens with two attached hydrogens (primary N) is 1. The van der Waals surface area contributed by atoms with E-state index in [0.29, 0.717) is 0 Å².